The zero-order valence-electron chi connectivity index (χ0n) is 9.93. The molecule has 100 valence electrons. The van der Waals surface area contributed by atoms with Gasteiger partial charge in [-0.3, -0.25) is 4.79 Å². The topological polar surface area (TPSA) is 105 Å². The third kappa shape index (κ3) is 3.18. The maximum absolute atomic E-state index is 12.0. The van der Waals surface area contributed by atoms with Crippen LogP contribution in [0.5, 0.6) is 0 Å². The van der Waals surface area contributed by atoms with Crippen LogP contribution in [0, 0.1) is 0 Å². The molecule has 6 nitrogen and oxygen atoms in total. The summed E-state index contributed by atoms with van der Waals surface area (Å²) < 4.78 is 26.7. The monoisotopic (exact) mass is 271 g/mol. The molecule has 0 aliphatic heterocycles. The molecule has 2 rings (SSSR count). The van der Waals surface area contributed by atoms with Crippen LogP contribution in [0.3, 0.4) is 0 Å². The van der Waals surface area contributed by atoms with Crippen LogP contribution in [0.2, 0.25) is 0 Å². The van der Waals surface area contributed by atoms with Gasteiger partial charge in [0, 0.05) is 24.3 Å². The molecule has 0 unspecified atom stereocenters. The molecule has 1 aromatic heterocycles. The van der Waals surface area contributed by atoms with Crippen molar-refractivity contribution in [3.05, 3.63) is 28.7 Å². The van der Waals surface area contributed by atoms with Gasteiger partial charge < -0.3 is 10.7 Å². The molecule has 1 heterocycles. The molecule has 1 aliphatic rings. The summed E-state index contributed by atoms with van der Waals surface area (Å²) in [6.07, 6.45) is 4.38. The molecule has 1 fully saturated rings. The number of sulfonamides is 1. The molecule has 7 heteroatoms. The van der Waals surface area contributed by atoms with Crippen molar-refractivity contribution in [1.82, 2.24) is 9.71 Å². The summed E-state index contributed by atoms with van der Waals surface area (Å²) in [7, 11) is -3.56. The largest absolute Gasteiger partial charge is 0.328 e. The van der Waals surface area contributed by atoms with Gasteiger partial charge in [-0.25, -0.2) is 13.1 Å². The lowest BCUT2D eigenvalue weighted by molar-refractivity contribution is 0.373. The predicted octanol–water partition coefficient (Wildman–Crippen LogP) is -0.0769. The van der Waals surface area contributed by atoms with Crippen molar-refractivity contribution >= 4 is 10.0 Å². The molecule has 0 bridgehead atoms. The van der Waals surface area contributed by atoms with E-state index in [-0.39, 0.29) is 22.5 Å². The Labute approximate surface area is 106 Å². The number of rotatable bonds is 3. The molecule has 0 atom stereocenters. The number of aromatic nitrogens is 1. The Kier molecular flexibility index (Phi) is 3.84. The van der Waals surface area contributed by atoms with Gasteiger partial charge in [-0.2, -0.15) is 0 Å². The van der Waals surface area contributed by atoms with E-state index in [1.54, 1.807) is 0 Å². The summed E-state index contributed by atoms with van der Waals surface area (Å²) in [5, 5.41) is 0. The number of hydrogen-bond donors (Lipinski definition) is 3. The molecule has 0 saturated heterocycles. The summed E-state index contributed by atoms with van der Waals surface area (Å²) in [5.41, 5.74) is 5.45. The van der Waals surface area contributed by atoms with Gasteiger partial charge >= 0.3 is 0 Å². The van der Waals surface area contributed by atoms with Gasteiger partial charge in [0.05, 0.1) is 4.90 Å². The van der Waals surface area contributed by atoms with Gasteiger partial charge in [0.1, 0.15) is 0 Å². The van der Waals surface area contributed by atoms with Crippen molar-refractivity contribution in [2.75, 3.05) is 0 Å². The molecule has 0 spiro atoms. The minimum absolute atomic E-state index is 0.0678. The maximum Gasteiger partial charge on any atom is 0.247 e. The van der Waals surface area contributed by atoms with Crippen molar-refractivity contribution in [3.8, 4) is 0 Å². The van der Waals surface area contributed by atoms with Crippen LogP contribution < -0.4 is 16.0 Å². The van der Waals surface area contributed by atoms with E-state index >= 15 is 0 Å². The van der Waals surface area contributed by atoms with Crippen LogP contribution in [0.25, 0.3) is 0 Å². The Balaban J connectivity index is 2.08. The van der Waals surface area contributed by atoms with Crippen LogP contribution in [-0.2, 0) is 10.0 Å². The second-order valence-corrected chi connectivity index (χ2v) is 6.34. The average molecular weight is 271 g/mol. The minimum atomic E-state index is -3.56. The second-order valence-electron chi connectivity index (χ2n) is 4.62. The normalized spacial score (nSPS) is 24.9. The fraction of sp³-hybridized carbons (Fsp3) is 0.545. The summed E-state index contributed by atoms with van der Waals surface area (Å²) in [4.78, 5) is 13.3. The van der Waals surface area contributed by atoms with Crippen LogP contribution in [-0.4, -0.2) is 25.5 Å². The Hall–Kier alpha value is -1.18. The quantitative estimate of drug-likeness (QED) is 0.715. The first kappa shape index (κ1) is 13.3. The minimum Gasteiger partial charge on any atom is -0.328 e. The van der Waals surface area contributed by atoms with Crippen molar-refractivity contribution in [2.24, 2.45) is 5.73 Å². The van der Waals surface area contributed by atoms with Gasteiger partial charge in [-0.1, -0.05) is 0 Å². The highest BCUT2D eigenvalue weighted by Crippen LogP contribution is 2.19. The first-order valence-corrected chi connectivity index (χ1v) is 7.42. The Morgan fingerprint density at radius 1 is 1.22 bits per heavy atom. The molecule has 0 aromatic carbocycles. The SMILES string of the molecule is NC1CCC(NS(=O)(=O)c2ccc(=O)[nH]c2)CC1. The highest BCUT2D eigenvalue weighted by atomic mass is 32.2. The van der Waals surface area contributed by atoms with Crippen molar-refractivity contribution < 1.29 is 8.42 Å². The van der Waals surface area contributed by atoms with Crippen LogP contribution >= 0.6 is 0 Å². The van der Waals surface area contributed by atoms with Gasteiger partial charge in [0.2, 0.25) is 15.6 Å². The molecular weight excluding hydrogens is 254 g/mol. The highest BCUT2D eigenvalue weighted by Gasteiger charge is 2.24. The van der Waals surface area contributed by atoms with E-state index in [2.05, 4.69) is 9.71 Å². The molecule has 0 radical (unpaired) electrons. The lowest BCUT2D eigenvalue weighted by Gasteiger charge is -2.26. The maximum atomic E-state index is 12.0. The van der Waals surface area contributed by atoms with Gasteiger partial charge in [0.15, 0.2) is 0 Å². The second kappa shape index (κ2) is 5.21. The first-order chi connectivity index (χ1) is 8.47. The molecule has 1 aliphatic carbocycles. The van der Waals surface area contributed by atoms with E-state index < -0.39 is 10.0 Å². The molecule has 1 saturated carbocycles. The smallest absolute Gasteiger partial charge is 0.247 e. The van der Waals surface area contributed by atoms with Crippen LogP contribution in [0.1, 0.15) is 25.7 Å². The highest BCUT2D eigenvalue weighted by molar-refractivity contribution is 7.89. The number of pyridine rings is 1. The number of hydrogen-bond acceptors (Lipinski definition) is 4. The number of H-pyrrole nitrogens is 1. The van der Waals surface area contributed by atoms with E-state index in [9.17, 15) is 13.2 Å². The van der Waals surface area contributed by atoms with E-state index in [1.807, 2.05) is 0 Å². The fourth-order valence-corrected chi connectivity index (χ4v) is 3.36. The third-order valence-electron chi connectivity index (χ3n) is 3.16. The Morgan fingerprint density at radius 2 is 1.89 bits per heavy atom. The first-order valence-electron chi connectivity index (χ1n) is 5.94. The Morgan fingerprint density at radius 3 is 2.44 bits per heavy atom. The average Bonchev–Trinajstić information content (AvgIpc) is 2.32. The summed E-state index contributed by atoms with van der Waals surface area (Å²) in [6, 6.07) is 2.61. The summed E-state index contributed by atoms with van der Waals surface area (Å²) >= 11 is 0. The summed E-state index contributed by atoms with van der Waals surface area (Å²) in [5.74, 6) is 0. The molecule has 4 N–H and O–H groups in total. The van der Waals surface area contributed by atoms with Crippen molar-refractivity contribution in [1.29, 1.82) is 0 Å². The van der Waals surface area contributed by atoms with Crippen LogP contribution in [0.15, 0.2) is 28.0 Å². The van der Waals surface area contributed by atoms with Crippen molar-refractivity contribution in [3.63, 3.8) is 0 Å². The molecule has 0 amide bonds. The fourth-order valence-electron chi connectivity index (χ4n) is 2.09. The predicted molar refractivity (Wildman–Crippen MR) is 67.6 cm³/mol. The number of nitrogens with one attached hydrogen (secondary N) is 2. The number of aromatic amines is 1. The van der Waals surface area contributed by atoms with Gasteiger partial charge in [0.25, 0.3) is 0 Å². The van der Waals surface area contributed by atoms with Gasteiger partial charge in [-0.15, -0.1) is 0 Å². The molecule has 1 aromatic rings. The van der Waals surface area contributed by atoms with E-state index in [0.717, 1.165) is 25.7 Å². The molecular formula is C11H17N3O3S. The zero-order valence-corrected chi connectivity index (χ0v) is 10.7. The lowest BCUT2D eigenvalue weighted by atomic mass is 9.93. The lowest BCUT2D eigenvalue weighted by Crippen LogP contribution is -2.40. The summed E-state index contributed by atoms with van der Waals surface area (Å²) in [6.45, 7) is 0. The Bertz CT molecular complexity index is 539. The zero-order chi connectivity index (χ0) is 13.2. The molecule has 18 heavy (non-hydrogen) atoms. The van der Waals surface area contributed by atoms with Gasteiger partial charge in [-0.05, 0) is 31.7 Å². The van der Waals surface area contributed by atoms with Crippen molar-refractivity contribution in [2.45, 2.75) is 42.7 Å². The van der Waals surface area contributed by atoms with E-state index in [1.165, 1.54) is 18.3 Å². The third-order valence-corrected chi connectivity index (χ3v) is 4.68. The standard InChI is InChI=1S/C11H17N3O3S/c12-8-1-3-9(4-2-8)14-18(16,17)10-5-6-11(15)13-7-10/h5-9,14H,1-4,12H2,(H,13,15). The van der Waals surface area contributed by atoms with E-state index in [4.69, 9.17) is 5.73 Å². The number of nitrogens with two attached hydrogens (primary N) is 1. The van der Waals surface area contributed by atoms with Crippen LogP contribution in [0.4, 0.5) is 0 Å². The van der Waals surface area contributed by atoms with E-state index in [0.29, 0.717) is 0 Å².